The second-order valence-corrected chi connectivity index (χ2v) is 5.15. The summed E-state index contributed by atoms with van der Waals surface area (Å²) in [6.45, 7) is 1.72. The first-order valence-corrected chi connectivity index (χ1v) is 6.83. The van der Waals surface area contributed by atoms with E-state index in [9.17, 15) is 9.18 Å². The number of hydrogen-bond donors (Lipinski definition) is 0. The molecule has 0 bridgehead atoms. The van der Waals surface area contributed by atoms with Gasteiger partial charge in [-0.3, -0.25) is 4.79 Å². The maximum atomic E-state index is 14.0. The van der Waals surface area contributed by atoms with E-state index < -0.39 is 5.82 Å². The van der Waals surface area contributed by atoms with Crippen molar-refractivity contribution in [1.82, 2.24) is 0 Å². The molecule has 0 unspecified atom stereocenters. The number of Topliss-reactive ketones (excluding diaryl/α,β-unsaturated/α-hetero) is 1. The third kappa shape index (κ3) is 3.32. The molecule has 2 nitrogen and oxygen atoms in total. The molecule has 0 fully saturated rings. The van der Waals surface area contributed by atoms with E-state index in [4.69, 9.17) is 4.74 Å². The molecule has 0 aliphatic rings. The van der Waals surface area contributed by atoms with Crippen molar-refractivity contribution in [2.24, 2.45) is 0 Å². The van der Waals surface area contributed by atoms with Crippen LogP contribution in [0.2, 0.25) is 0 Å². The molecule has 2 rings (SSSR count). The summed E-state index contributed by atoms with van der Waals surface area (Å²) in [5.74, 6) is -0.472. The van der Waals surface area contributed by atoms with Crippen LogP contribution in [-0.2, 0) is 6.61 Å². The maximum Gasteiger partial charge on any atom is 0.179 e. The maximum absolute atomic E-state index is 14.0. The minimum Gasteiger partial charge on any atom is -0.486 e. The normalized spacial score (nSPS) is 10.3. The van der Waals surface area contributed by atoms with Gasteiger partial charge in [-0.15, -0.1) is 0 Å². The number of ether oxygens (including phenoxy) is 1. The summed E-state index contributed by atoms with van der Waals surface area (Å²) in [6, 6.07) is 12.6. The molecule has 0 aromatic heterocycles. The topological polar surface area (TPSA) is 26.3 Å². The first-order chi connectivity index (χ1) is 9.09. The van der Waals surface area contributed by atoms with E-state index in [2.05, 4.69) is 0 Å². The lowest BCUT2D eigenvalue weighted by atomic mass is 10.1. The number of benzene rings is 2. The Kier molecular flexibility index (Phi) is 4.52. The summed E-state index contributed by atoms with van der Waals surface area (Å²) < 4.78 is 19.8. The van der Waals surface area contributed by atoms with Gasteiger partial charge in [0.25, 0.3) is 0 Å². The van der Waals surface area contributed by atoms with E-state index in [1.54, 1.807) is 6.07 Å². The molecular weight excluding hydrogens is 358 g/mol. The van der Waals surface area contributed by atoms with E-state index in [-0.39, 0.29) is 11.5 Å². The first-order valence-electron chi connectivity index (χ1n) is 5.75. The van der Waals surface area contributed by atoms with Gasteiger partial charge in [0.05, 0.1) is 3.57 Å². The van der Waals surface area contributed by atoms with Gasteiger partial charge in [-0.1, -0.05) is 30.3 Å². The molecule has 0 N–H and O–H groups in total. The van der Waals surface area contributed by atoms with Crippen LogP contribution in [-0.4, -0.2) is 5.78 Å². The van der Waals surface area contributed by atoms with Crippen LogP contribution < -0.4 is 4.74 Å². The molecule has 0 spiro atoms. The fourth-order valence-electron chi connectivity index (χ4n) is 1.65. The molecular formula is C15H12FIO2. The lowest BCUT2D eigenvalue weighted by Gasteiger charge is -2.10. The van der Waals surface area contributed by atoms with Crippen LogP contribution in [0.4, 0.5) is 4.39 Å². The highest BCUT2D eigenvalue weighted by molar-refractivity contribution is 14.1. The Hall–Kier alpha value is -1.43. The molecule has 2 aromatic carbocycles. The summed E-state index contributed by atoms with van der Waals surface area (Å²) in [7, 11) is 0. The molecule has 0 saturated carbocycles. The van der Waals surface area contributed by atoms with E-state index in [0.29, 0.717) is 15.7 Å². The Labute approximate surface area is 124 Å². The van der Waals surface area contributed by atoms with Crippen molar-refractivity contribution in [3.63, 3.8) is 0 Å². The van der Waals surface area contributed by atoms with Crippen molar-refractivity contribution < 1.29 is 13.9 Å². The molecule has 0 aliphatic heterocycles. The number of rotatable bonds is 4. The second-order valence-electron chi connectivity index (χ2n) is 4.07. The molecule has 4 heteroatoms. The van der Waals surface area contributed by atoms with Gasteiger partial charge in [-0.25, -0.2) is 4.39 Å². The molecule has 0 amide bonds. The summed E-state index contributed by atoms with van der Waals surface area (Å²) in [5, 5.41) is 0. The molecule has 19 heavy (non-hydrogen) atoms. The van der Waals surface area contributed by atoms with Crippen LogP contribution in [0.15, 0.2) is 42.5 Å². The zero-order valence-electron chi connectivity index (χ0n) is 10.3. The van der Waals surface area contributed by atoms with Crippen LogP contribution in [0, 0.1) is 9.39 Å². The highest BCUT2D eigenvalue weighted by atomic mass is 127. The summed E-state index contributed by atoms with van der Waals surface area (Å²) in [4.78, 5) is 11.3. The lowest BCUT2D eigenvalue weighted by molar-refractivity contribution is 0.101. The summed E-state index contributed by atoms with van der Waals surface area (Å²) in [6.07, 6.45) is 0. The van der Waals surface area contributed by atoms with Crippen molar-refractivity contribution in [1.29, 1.82) is 0 Å². The van der Waals surface area contributed by atoms with E-state index >= 15 is 0 Å². The van der Waals surface area contributed by atoms with Crippen LogP contribution in [0.3, 0.4) is 0 Å². The largest absolute Gasteiger partial charge is 0.486 e. The van der Waals surface area contributed by atoms with Crippen molar-refractivity contribution in [3.05, 3.63) is 63.0 Å². The number of ketones is 1. The van der Waals surface area contributed by atoms with Gasteiger partial charge in [-0.2, -0.15) is 0 Å². The van der Waals surface area contributed by atoms with Gasteiger partial charge in [-0.05, 0) is 47.2 Å². The smallest absolute Gasteiger partial charge is 0.179 e. The SMILES string of the molecule is CC(=O)c1ccc(OCc2ccccc2)c(F)c1I. The van der Waals surface area contributed by atoms with Gasteiger partial charge in [0.1, 0.15) is 6.61 Å². The molecule has 98 valence electrons. The van der Waals surface area contributed by atoms with E-state index in [1.807, 2.05) is 52.9 Å². The Morgan fingerprint density at radius 1 is 1.21 bits per heavy atom. The highest BCUT2D eigenvalue weighted by Crippen LogP contribution is 2.26. The average Bonchev–Trinajstić information content (AvgIpc) is 2.41. The zero-order chi connectivity index (χ0) is 13.8. The van der Waals surface area contributed by atoms with E-state index in [1.165, 1.54) is 13.0 Å². The summed E-state index contributed by atoms with van der Waals surface area (Å²) in [5.41, 5.74) is 1.35. The third-order valence-corrected chi connectivity index (χ3v) is 3.72. The first kappa shape index (κ1) is 14.0. The van der Waals surface area contributed by atoms with Gasteiger partial charge in [0, 0.05) is 5.56 Å². The lowest BCUT2D eigenvalue weighted by Crippen LogP contribution is -2.03. The molecule has 0 atom stereocenters. The zero-order valence-corrected chi connectivity index (χ0v) is 12.5. The Bertz CT molecular complexity index is 597. The number of halogens is 2. The van der Waals surface area contributed by atoms with Gasteiger partial charge >= 0.3 is 0 Å². The van der Waals surface area contributed by atoms with Crippen molar-refractivity contribution in [3.8, 4) is 5.75 Å². The molecule has 2 aromatic rings. The monoisotopic (exact) mass is 370 g/mol. The predicted octanol–water partition coefficient (Wildman–Crippen LogP) is 4.21. The fourth-order valence-corrected chi connectivity index (χ4v) is 2.48. The third-order valence-electron chi connectivity index (χ3n) is 2.66. The Morgan fingerprint density at radius 2 is 1.89 bits per heavy atom. The number of carbonyl (C=O) groups is 1. The minimum atomic E-state index is -0.482. The van der Waals surface area contributed by atoms with E-state index in [0.717, 1.165) is 5.56 Å². The Balaban J connectivity index is 2.18. The quantitative estimate of drug-likeness (QED) is 0.595. The molecule has 0 heterocycles. The summed E-state index contributed by atoms with van der Waals surface area (Å²) >= 11 is 1.82. The molecule has 0 saturated heterocycles. The van der Waals surface area contributed by atoms with Crippen LogP contribution in [0.25, 0.3) is 0 Å². The van der Waals surface area contributed by atoms with Crippen molar-refractivity contribution in [2.75, 3.05) is 0 Å². The van der Waals surface area contributed by atoms with Crippen LogP contribution in [0.1, 0.15) is 22.8 Å². The highest BCUT2D eigenvalue weighted by Gasteiger charge is 2.14. The predicted molar refractivity (Wildman–Crippen MR) is 79.9 cm³/mol. The molecule has 0 radical (unpaired) electrons. The average molecular weight is 370 g/mol. The number of hydrogen-bond acceptors (Lipinski definition) is 2. The van der Waals surface area contributed by atoms with Crippen molar-refractivity contribution >= 4 is 28.4 Å². The van der Waals surface area contributed by atoms with Crippen LogP contribution in [0.5, 0.6) is 5.75 Å². The second kappa shape index (κ2) is 6.14. The fraction of sp³-hybridized carbons (Fsp3) is 0.133. The standard InChI is InChI=1S/C15H12FIO2/c1-10(18)12-7-8-13(14(16)15(12)17)19-9-11-5-3-2-4-6-11/h2-8H,9H2,1H3. The van der Waals surface area contributed by atoms with Gasteiger partial charge in [0.15, 0.2) is 17.3 Å². The number of carbonyl (C=O) groups excluding carboxylic acids is 1. The van der Waals surface area contributed by atoms with Crippen molar-refractivity contribution in [2.45, 2.75) is 13.5 Å². The minimum absolute atomic E-state index is 0.155. The Morgan fingerprint density at radius 3 is 2.53 bits per heavy atom. The van der Waals surface area contributed by atoms with Gasteiger partial charge in [0.2, 0.25) is 0 Å². The van der Waals surface area contributed by atoms with Crippen LogP contribution >= 0.6 is 22.6 Å². The van der Waals surface area contributed by atoms with Gasteiger partial charge < -0.3 is 4.74 Å². The molecule has 0 aliphatic carbocycles.